The minimum absolute atomic E-state index is 0.128. The average Bonchev–Trinajstić information content (AvgIpc) is 2.48. The van der Waals surface area contributed by atoms with E-state index in [1.807, 2.05) is 12.3 Å². The molecule has 2 heterocycles. The Balaban J connectivity index is 1.74. The van der Waals surface area contributed by atoms with Gasteiger partial charge in [-0.05, 0) is 18.6 Å². The van der Waals surface area contributed by atoms with E-state index in [1.54, 1.807) is 0 Å². The Kier molecular flexibility index (Phi) is 5.49. The Hall–Kier alpha value is -1.46. The van der Waals surface area contributed by atoms with Crippen LogP contribution in [0.3, 0.4) is 0 Å². The van der Waals surface area contributed by atoms with Gasteiger partial charge >= 0.3 is 5.97 Å². The second kappa shape index (κ2) is 7.36. The molecule has 110 valence electrons. The van der Waals surface area contributed by atoms with Crippen LogP contribution in [-0.4, -0.2) is 60.6 Å². The summed E-state index contributed by atoms with van der Waals surface area (Å²) in [6, 6.07) is 4.08. The highest BCUT2D eigenvalue weighted by molar-refractivity contribution is 5.69. The van der Waals surface area contributed by atoms with Crippen molar-refractivity contribution in [2.75, 3.05) is 39.8 Å². The number of ether oxygens (including phenoxy) is 1. The smallest absolute Gasteiger partial charge is 0.306 e. The fourth-order valence-corrected chi connectivity index (χ4v) is 2.42. The summed E-state index contributed by atoms with van der Waals surface area (Å²) < 4.78 is 4.67. The van der Waals surface area contributed by atoms with E-state index < -0.39 is 0 Å². The van der Waals surface area contributed by atoms with Gasteiger partial charge in [0.05, 0.1) is 19.2 Å². The number of pyridine rings is 1. The quantitative estimate of drug-likeness (QED) is 0.753. The standard InChI is InChI=1S/C15H23N3O2/c1-13-4-3-6-16-14(13)12-18-10-8-17(9-11-18)7-5-15(19)20-2/h3-4,6H,5,7-12H2,1-2H3. The molecule has 0 amide bonds. The van der Waals surface area contributed by atoms with Crippen LogP contribution in [-0.2, 0) is 16.1 Å². The molecule has 1 saturated heterocycles. The van der Waals surface area contributed by atoms with Crippen molar-refractivity contribution in [2.45, 2.75) is 19.9 Å². The number of nitrogens with zero attached hydrogens (tertiary/aromatic N) is 3. The number of aromatic nitrogens is 1. The molecule has 1 aromatic rings. The molecular weight excluding hydrogens is 254 g/mol. The Morgan fingerprint density at radius 1 is 1.30 bits per heavy atom. The number of esters is 1. The molecule has 1 aliphatic rings. The van der Waals surface area contributed by atoms with Crippen molar-refractivity contribution in [1.29, 1.82) is 0 Å². The third kappa shape index (κ3) is 4.28. The van der Waals surface area contributed by atoms with Gasteiger partial charge in [0.15, 0.2) is 0 Å². The number of carbonyl (C=O) groups excluding carboxylic acids is 1. The van der Waals surface area contributed by atoms with Crippen LogP contribution in [0.1, 0.15) is 17.7 Å². The van der Waals surface area contributed by atoms with Gasteiger partial charge in [0.1, 0.15) is 0 Å². The van der Waals surface area contributed by atoms with Gasteiger partial charge in [-0.15, -0.1) is 0 Å². The molecule has 0 unspecified atom stereocenters. The monoisotopic (exact) mass is 277 g/mol. The first-order chi connectivity index (χ1) is 9.69. The van der Waals surface area contributed by atoms with Crippen molar-refractivity contribution in [3.05, 3.63) is 29.6 Å². The molecule has 0 N–H and O–H groups in total. The number of hydrogen-bond acceptors (Lipinski definition) is 5. The van der Waals surface area contributed by atoms with Gasteiger partial charge in [-0.3, -0.25) is 14.7 Å². The van der Waals surface area contributed by atoms with Gasteiger partial charge in [-0.1, -0.05) is 6.07 Å². The average molecular weight is 277 g/mol. The maximum Gasteiger partial charge on any atom is 0.306 e. The Morgan fingerprint density at radius 3 is 2.65 bits per heavy atom. The van der Waals surface area contributed by atoms with Gasteiger partial charge in [-0.2, -0.15) is 0 Å². The molecule has 0 aliphatic carbocycles. The van der Waals surface area contributed by atoms with Crippen molar-refractivity contribution in [3.8, 4) is 0 Å². The third-order valence-electron chi connectivity index (χ3n) is 3.82. The molecule has 1 aromatic heterocycles. The molecule has 1 aliphatic heterocycles. The second-order valence-electron chi connectivity index (χ2n) is 5.21. The Bertz CT molecular complexity index is 442. The number of carbonyl (C=O) groups is 1. The molecule has 0 spiro atoms. The highest BCUT2D eigenvalue weighted by Gasteiger charge is 2.18. The van der Waals surface area contributed by atoms with Crippen LogP contribution in [0, 0.1) is 6.92 Å². The van der Waals surface area contributed by atoms with E-state index in [2.05, 4.69) is 32.5 Å². The van der Waals surface area contributed by atoms with Crippen molar-refractivity contribution in [3.63, 3.8) is 0 Å². The van der Waals surface area contributed by atoms with E-state index in [-0.39, 0.29) is 5.97 Å². The van der Waals surface area contributed by atoms with Gasteiger partial charge in [0.25, 0.3) is 0 Å². The van der Waals surface area contributed by atoms with E-state index in [9.17, 15) is 4.79 Å². The van der Waals surface area contributed by atoms with E-state index >= 15 is 0 Å². The minimum atomic E-state index is -0.128. The zero-order chi connectivity index (χ0) is 14.4. The van der Waals surface area contributed by atoms with E-state index in [1.165, 1.54) is 12.7 Å². The highest BCUT2D eigenvalue weighted by atomic mass is 16.5. The predicted molar refractivity (Wildman–Crippen MR) is 77.3 cm³/mol. The third-order valence-corrected chi connectivity index (χ3v) is 3.82. The van der Waals surface area contributed by atoms with Gasteiger partial charge in [0.2, 0.25) is 0 Å². The van der Waals surface area contributed by atoms with Crippen LogP contribution in [0.5, 0.6) is 0 Å². The molecule has 0 aromatic carbocycles. The van der Waals surface area contributed by atoms with E-state index in [4.69, 9.17) is 0 Å². The normalized spacial score (nSPS) is 17.1. The summed E-state index contributed by atoms with van der Waals surface area (Å²) in [6.45, 7) is 7.87. The van der Waals surface area contributed by atoms with Crippen LogP contribution >= 0.6 is 0 Å². The Labute approximate surface area is 120 Å². The number of piperazine rings is 1. The first kappa shape index (κ1) is 14.9. The van der Waals surface area contributed by atoms with Gasteiger partial charge in [0, 0.05) is 45.5 Å². The maximum atomic E-state index is 11.1. The fourth-order valence-electron chi connectivity index (χ4n) is 2.42. The SMILES string of the molecule is COC(=O)CCN1CCN(Cc2ncccc2C)CC1. The topological polar surface area (TPSA) is 45.7 Å². The van der Waals surface area contributed by atoms with Crippen molar-refractivity contribution < 1.29 is 9.53 Å². The molecule has 20 heavy (non-hydrogen) atoms. The van der Waals surface area contributed by atoms with Crippen molar-refractivity contribution in [1.82, 2.24) is 14.8 Å². The zero-order valence-corrected chi connectivity index (χ0v) is 12.3. The summed E-state index contributed by atoms with van der Waals surface area (Å²) in [6.07, 6.45) is 2.34. The fraction of sp³-hybridized carbons (Fsp3) is 0.600. The lowest BCUT2D eigenvalue weighted by atomic mass is 10.2. The molecule has 0 saturated carbocycles. The molecule has 5 heteroatoms. The summed E-state index contributed by atoms with van der Waals surface area (Å²) in [5, 5.41) is 0. The molecule has 5 nitrogen and oxygen atoms in total. The number of hydrogen-bond donors (Lipinski definition) is 0. The summed E-state index contributed by atoms with van der Waals surface area (Å²) >= 11 is 0. The molecular formula is C15H23N3O2. The molecule has 0 atom stereocenters. The first-order valence-electron chi connectivity index (χ1n) is 7.11. The summed E-state index contributed by atoms with van der Waals surface area (Å²) in [4.78, 5) is 20.3. The zero-order valence-electron chi connectivity index (χ0n) is 12.3. The Morgan fingerprint density at radius 2 is 2.00 bits per heavy atom. The highest BCUT2D eigenvalue weighted by Crippen LogP contribution is 2.10. The van der Waals surface area contributed by atoms with Crippen LogP contribution in [0.15, 0.2) is 18.3 Å². The molecule has 0 radical (unpaired) electrons. The van der Waals surface area contributed by atoms with Crippen LogP contribution < -0.4 is 0 Å². The number of rotatable bonds is 5. The number of aryl methyl sites for hydroxylation is 1. The van der Waals surface area contributed by atoms with Gasteiger partial charge < -0.3 is 9.64 Å². The largest absolute Gasteiger partial charge is 0.469 e. The minimum Gasteiger partial charge on any atom is -0.469 e. The molecule has 0 bridgehead atoms. The number of methoxy groups -OCH3 is 1. The lowest BCUT2D eigenvalue weighted by molar-refractivity contribution is -0.141. The summed E-state index contributed by atoms with van der Waals surface area (Å²) in [5.74, 6) is -0.128. The first-order valence-corrected chi connectivity index (χ1v) is 7.11. The summed E-state index contributed by atoms with van der Waals surface area (Å²) in [7, 11) is 1.44. The van der Waals surface area contributed by atoms with Crippen molar-refractivity contribution in [2.24, 2.45) is 0 Å². The second-order valence-corrected chi connectivity index (χ2v) is 5.21. The summed E-state index contributed by atoms with van der Waals surface area (Å²) in [5.41, 5.74) is 2.41. The van der Waals surface area contributed by atoms with Crippen LogP contribution in [0.4, 0.5) is 0 Å². The van der Waals surface area contributed by atoms with Crippen LogP contribution in [0.2, 0.25) is 0 Å². The van der Waals surface area contributed by atoms with Gasteiger partial charge in [-0.25, -0.2) is 0 Å². The van der Waals surface area contributed by atoms with E-state index in [0.717, 1.165) is 45.0 Å². The van der Waals surface area contributed by atoms with E-state index in [0.29, 0.717) is 6.42 Å². The molecule has 1 fully saturated rings. The lowest BCUT2D eigenvalue weighted by Gasteiger charge is -2.34. The molecule has 2 rings (SSSR count). The maximum absolute atomic E-state index is 11.1. The lowest BCUT2D eigenvalue weighted by Crippen LogP contribution is -2.46. The predicted octanol–water partition coefficient (Wildman–Crippen LogP) is 1.07. The van der Waals surface area contributed by atoms with Crippen molar-refractivity contribution >= 4 is 5.97 Å². The van der Waals surface area contributed by atoms with Crippen LogP contribution in [0.25, 0.3) is 0 Å².